The van der Waals surface area contributed by atoms with Crippen molar-refractivity contribution >= 4 is 45.0 Å². The minimum Gasteiger partial charge on any atom is -0.495 e. The average molecular weight is 471 g/mol. The quantitative estimate of drug-likeness (QED) is 0.475. The van der Waals surface area contributed by atoms with Crippen molar-refractivity contribution in [1.82, 2.24) is 5.32 Å². The van der Waals surface area contributed by atoms with Gasteiger partial charge in [0.15, 0.2) is 0 Å². The number of sulfonamides is 1. The Balaban J connectivity index is 1.75. The molecule has 0 unspecified atom stereocenters. The Bertz CT molecular complexity index is 924. The number of ether oxygens (including phenoxy) is 1. The van der Waals surface area contributed by atoms with Gasteiger partial charge in [-0.15, -0.1) is 0 Å². The summed E-state index contributed by atoms with van der Waals surface area (Å²) in [6.45, 7) is 0.776. The number of thioether (sulfide) groups is 1. The highest BCUT2D eigenvalue weighted by Gasteiger charge is 2.19. The lowest BCUT2D eigenvalue weighted by atomic mass is 10.2. The van der Waals surface area contributed by atoms with E-state index in [1.54, 1.807) is 30.0 Å². The molecular weight excluding hydrogens is 444 g/mol. The zero-order valence-electron chi connectivity index (χ0n) is 17.1. The van der Waals surface area contributed by atoms with E-state index in [1.807, 2.05) is 18.2 Å². The number of rotatable bonds is 12. The van der Waals surface area contributed by atoms with Gasteiger partial charge in [-0.05, 0) is 30.2 Å². The first-order chi connectivity index (χ1) is 14.3. The smallest absolute Gasteiger partial charge is 0.232 e. The summed E-state index contributed by atoms with van der Waals surface area (Å²) in [6.07, 6.45) is 1.79. The van der Waals surface area contributed by atoms with Crippen LogP contribution in [-0.4, -0.2) is 46.5 Å². The molecule has 0 aliphatic carbocycles. The summed E-state index contributed by atoms with van der Waals surface area (Å²) in [7, 11) is -2.01. The van der Waals surface area contributed by atoms with Crippen LogP contribution in [-0.2, 0) is 20.6 Å². The lowest BCUT2D eigenvalue weighted by Gasteiger charge is -2.23. The number of benzene rings is 2. The second-order valence-corrected chi connectivity index (χ2v) is 10.1. The van der Waals surface area contributed by atoms with E-state index in [2.05, 4.69) is 17.4 Å². The molecule has 1 N–H and O–H groups in total. The van der Waals surface area contributed by atoms with Crippen LogP contribution >= 0.6 is 23.4 Å². The van der Waals surface area contributed by atoms with Crippen LogP contribution in [0.4, 0.5) is 5.69 Å². The molecular formula is C21H27ClN2O4S2. The molecule has 30 heavy (non-hydrogen) atoms. The predicted molar refractivity (Wildman–Crippen MR) is 125 cm³/mol. The van der Waals surface area contributed by atoms with E-state index in [0.29, 0.717) is 29.4 Å². The molecule has 0 heterocycles. The summed E-state index contributed by atoms with van der Waals surface area (Å²) in [6, 6.07) is 15.0. The fourth-order valence-corrected chi connectivity index (χ4v) is 4.82. The number of halogens is 1. The van der Waals surface area contributed by atoms with Gasteiger partial charge in [0.2, 0.25) is 15.9 Å². The molecule has 2 rings (SSSR count). The highest BCUT2D eigenvalue weighted by Crippen LogP contribution is 2.30. The SMILES string of the molecule is COc1ccc(N(CCCC(=O)NCCSCc2ccccc2)S(C)(=O)=O)cc1Cl. The largest absolute Gasteiger partial charge is 0.495 e. The number of methoxy groups -OCH3 is 1. The molecule has 0 saturated heterocycles. The normalized spacial score (nSPS) is 11.2. The van der Waals surface area contributed by atoms with Crippen molar-refractivity contribution < 1.29 is 17.9 Å². The summed E-state index contributed by atoms with van der Waals surface area (Å²) in [5.74, 6) is 2.11. The van der Waals surface area contributed by atoms with Crippen molar-refractivity contribution in [2.24, 2.45) is 0 Å². The Hall–Kier alpha value is -1.90. The number of hydrogen-bond donors (Lipinski definition) is 1. The van der Waals surface area contributed by atoms with Crippen LogP contribution in [0, 0.1) is 0 Å². The first-order valence-corrected chi connectivity index (χ1v) is 12.9. The van der Waals surface area contributed by atoms with E-state index in [1.165, 1.54) is 17.0 Å². The molecule has 0 aromatic heterocycles. The van der Waals surface area contributed by atoms with Crippen molar-refractivity contribution in [2.75, 3.05) is 36.5 Å². The minimum absolute atomic E-state index is 0.0866. The van der Waals surface area contributed by atoms with Crippen molar-refractivity contribution in [3.63, 3.8) is 0 Å². The van der Waals surface area contributed by atoms with E-state index in [0.717, 1.165) is 17.8 Å². The molecule has 0 aliphatic heterocycles. The van der Waals surface area contributed by atoms with Gasteiger partial charge in [0.1, 0.15) is 5.75 Å². The van der Waals surface area contributed by atoms with E-state index in [4.69, 9.17) is 16.3 Å². The maximum Gasteiger partial charge on any atom is 0.232 e. The van der Waals surface area contributed by atoms with Gasteiger partial charge in [-0.25, -0.2) is 8.42 Å². The average Bonchev–Trinajstić information content (AvgIpc) is 2.71. The molecule has 0 bridgehead atoms. The first kappa shape index (κ1) is 24.4. The number of anilines is 1. The molecule has 9 heteroatoms. The van der Waals surface area contributed by atoms with Gasteiger partial charge in [-0.3, -0.25) is 9.10 Å². The van der Waals surface area contributed by atoms with Gasteiger partial charge < -0.3 is 10.1 Å². The molecule has 0 aliphatic rings. The molecule has 0 saturated carbocycles. The predicted octanol–water partition coefficient (Wildman–Crippen LogP) is 3.94. The number of nitrogens with zero attached hydrogens (tertiary/aromatic N) is 1. The molecule has 2 aromatic rings. The van der Waals surface area contributed by atoms with Crippen molar-refractivity contribution in [3.8, 4) is 5.75 Å². The number of amides is 1. The van der Waals surface area contributed by atoms with Crippen molar-refractivity contribution in [1.29, 1.82) is 0 Å². The number of carbonyl (C=O) groups is 1. The summed E-state index contributed by atoms with van der Waals surface area (Å²) in [4.78, 5) is 12.1. The second-order valence-electron chi connectivity index (χ2n) is 6.65. The van der Waals surface area contributed by atoms with Crippen LogP contribution in [0.15, 0.2) is 48.5 Å². The van der Waals surface area contributed by atoms with E-state index in [9.17, 15) is 13.2 Å². The van der Waals surface area contributed by atoms with E-state index < -0.39 is 10.0 Å². The summed E-state index contributed by atoms with van der Waals surface area (Å²) < 4.78 is 30.7. The maximum absolute atomic E-state index is 12.2. The first-order valence-electron chi connectivity index (χ1n) is 9.51. The molecule has 1 amide bonds. The number of carbonyl (C=O) groups excluding carboxylic acids is 1. The molecule has 0 atom stereocenters. The van der Waals surface area contributed by atoms with Gasteiger partial charge in [0.25, 0.3) is 0 Å². The Morgan fingerprint density at radius 3 is 2.57 bits per heavy atom. The molecule has 6 nitrogen and oxygen atoms in total. The van der Waals surface area contributed by atoms with Crippen LogP contribution in [0.1, 0.15) is 18.4 Å². The highest BCUT2D eigenvalue weighted by molar-refractivity contribution is 7.98. The zero-order chi connectivity index (χ0) is 22.0. The fraction of sp³-hybridized carbons (Fsp3) is 0.381. The highest BCUT2D eigenvalue weighted by atomic mass is 35.5. The Kier molecular flexibility index (Phi) is 9.81. The minimum atomic E-state index is -3.50. The Morgan fingerprint density at radius 1 is 1.20 bits per heavy atom. The lowest BCUT2D eigenvalue weighted by molar-refractivity contribution is -0.121. The van der Waals surface area contributed by atoms with E-state index >= 15 is 0 Å². The van der Waals surface area contributed by atoms with Gasteiger partial charge in [0, 0.05) is 31.0 Å². The van der Waals surface area contributed by atoms with E-state index in [-0.39, 0.29) is 18.9 Å². The van der Waals surface area contributed by atoms with Crippen LogP contribution in [0.3, 0.4) is 0 Å². The van der Waals surface area contributed by atoms with Crippen LogP contribution < -0.4 is 14.4 Å². The van der Waals surface area contributed by atoms with Gasteiger partial charge in [-0.2, -0.15) is 11.8 Å². The van der Waals surface area contributed by atoms with Crippen LogP contribution in [0.25, 0.3) is 0 Å². The summed E-state index contributed by atoms with van der Waals surface area (Å²) in [5.41, 5.74) is 1.70. The maximum atomic E-state index is 12.2. The van der Waals surface area contributed by atoms with Crippen LogP contribution in [0.5, 0.6) is 5.75 Å². The number of hydrogen-bond acceptors (Lipinski definition) is 5. The van der Waals surface area contributed by atoms with Crippen molar-refractivity contribution in [2.45, 2.75) is 18.6 Å². The Morgan fingerprint density at radius 2 is 1.93 bits per heavy atom. The third kappa shape index (κ3) is 8.08. The monoisotopic (exact) mass is 470 g/mol. The molecule has 164 valence electrons. The zero-order valence-corrected chi connectivity index (χ0v) is 19.5. The van der Waals surface area contributed by atoms with Crippen molar-refractivity contribution in [3.05, 3.63) is 59.1 Å². The third-order valence-electron chi connectivity index (χ3n) is 4.27. The Labute approximate surface area is 188 Å². The van der Waals surface area contributed by atoms with Gasteiger partial charge in [-0.1, -0.05) is 41.9 Å². The third-order valence-corrected chi connectivity index (χ3v) is 6.79. The summed E-state index contributed by atoms with van der Waals surface area (Å²) >= 11 is 7.87. The van der Waals surface area contributed by atoms with Crippen LogP contribution in [0.2, 0.25) is 5.02 Å². The fourth-order valence-electron chi connectivity index (χ4n) is 2.80. The topological polar surface area (TPSA) is 75.7 Å². The second kappa shape index (κ2) is 12.1. The van der Waals surface area contributed by atoms with Gasteiger partial charge >= 0.3 is 0 Å². The molecule has 0 radical (unpaired) electrons. The summed E-state index contributed by atoms with van der Waals surface area (Å²) in [5, 5.41) is 3.21. The molecule has 0 spiro atoms. The lowest BCUT2D eigenvalue weighted by Crippen LogP contribution is -2.32. The number of nitrogens with one attached hydrogen (secondary N) is 1. The standard InChI is InChI=1S/C21H27ClN2O4S2/c1-28-20-11-10-18(15-19(20)22)24(30(2,26)27)13-6-9-21(25)23-12-14-29-16-17-7-4-3-5-8-17/h3-5,7-8,10-11,15H,6,9,12-14,16H2,1-2H3,(H,23,25). The molecule has 0 fully saturated rings. The molecule has 2 aromatic carbocycles. The van der Waals surface area contributed by atoms with Gasteiger partial charge in [0.05, 0.1) is 24.1 Å².